The van der Waals surface area contributed by atoms with Gasteiger partial charge in [-0.25, -0.2) is 5.10 Å². The summed E-state index contributed by atoms with van der Waals surface area (Å²) in [6, 6.07) is 0. The van der Waals surface area contributed by atoms with Crippen LogP contribution >= 0.6 is 11.8 Å². The van der Waals surface area contributed by atoms with Crippen LogP contribution in [0.25, 0.3) is 0 Å². The van der Waals surface area contributed by atoms with Crippen LogP contribution in [-0.4, -0.2) is 44.3 Å². The number of likely N-dealkylation sites (tertiary alicyclic amines) is 1. The fourth-order valence-electron chi connectivity index (χ4n) is 1.71. The molecule has 1 aromatic heterocycles. The van der Waals surface area contributed by atoms with Gasteiger partial charge in [-0.15, -0.1) is 5.10 Å². The molecular weight excluding hydrogens is 226 g/mol. The van der Waals surface area contributed by atoms with E-state index in [2.05, 4.69) is 15.2 Å². The highest BCUT2D eigenvalue weighted by molar-refractivity contribution is 8.00. The molecule has 1 saturated heterocycles. The molecule has 1 amide bonds. The molecule has 0 bridgehead atoms. The van der Waals surface area contributed by atoms with Gasteiger partial charge in [-0.1, -0.05) is 11.8 Å². The number of rotatable bonds is 3. The molecule has 1 unspecified atom stereocenters. The number of nitrogen functional groups attached to an aromatic ring is 1. The lowest BCUT2D eigenvalue weighted by molar-refractivity contribution is -0.129. The number of aromatic amines is 1. The van der Waals surface area contributed by atoms with Gasteiger partial charge in [0.05, 0.1) is 5.25 Å². The lowest BCUT2D eigenvalue weighted by atomic mass is 10.4. The van der Waals surface area contributed by atoms with E-state index in [1.165, 1.54) is 11.8 Å². The van der Waals surface area contributed by atoms with E-state index in [1.54, 1.807) is 0 Å². The van der Waals surface area contributed by atoms with Gasteiger partial charge in [0, 0.05) is 13.1 Å². The molecule has 0 aliphatic carbocycles. The monoisotopic (exact) mass is 241 g/mol. The zero-order valence-corrected chi connectivity index (χ0v) is 9.96. The van der Waals surface area contributed by atoms with Gasteiger partial charge in [0.15, 0.2) is 0 Å². The van der Waals surface area contributed by atoms with Crippen molar-refractivity contribution >= 4 is 23.6 Å². The summed E-state index contributed by atoms with van der Waals surface area (Å²) >= 11 is 1.33. The maximum atomic E-state index is 12.0. The van der Waals surface area contributed by atoms with Crippen LogP contribution in [0.1, 0.15) is 19.8 Å². The number of hydrogen-bond donors (Lipinski definition) is 2. The summed E-state index contributed by atoms with van der Waals surface area (Å²) in [6.45, 7) is 3.62. The quantitative estimate of drug-likeness (QED) is 0.752. The Hall–Kier alpha value is -1.24. The third-order valence-electron chi connectivity index (χ3n) is 2.53. The van der Waals surface area contributed by atoms with Gasteiger partial charge in [0.1, 0.15) is 0 Å². The number of anilines is 1. The molecule has 7 heteroatoms. The van der Waals surface area contributed by atoms with Crippen molar-refractivity contribution in [2.75, 3.05) is 18.8 Å². The second-order valence-electron chi connectivity index (χ2n) is 3.80. The number of amides is 1. The van der Waals surface area contributed by atoms with Crippen molar-refractivity contribution < 1.29 is 4.79 Å². The first-order valence-corrected chi connectivity index (χ1v) is 6.18. The number of carbonyl (C=O) groups is 1. The van der Waals surface area contributed by atoms with E-state index in [0.717, 1.165) is 25.9 Å². The van der Waals surface area contributed by atoms with Crippen LogP contribution < -0.4 is 5.73 Å². The Morgan fingerprint density at radius 3 is 2.81 bits per heavy atom. The summed E-state index contributed by atoms with van der Waals surface area (Å²) in [4.78, 5) is 17.8. The smallest absolute Gasteiger partial charge is 0.235 e. The van der Waals surface area contributed by atoms with Gasteiger partial charge in [-0.2, -0.15) is 4.98 Å². The molecule has 0 spiro atoms. The predicted octanol–water partition coefficient (Wildman–Crippen LogP) is 0.490. The van der Waals surface area contributed by atoms with Crippen molar-refractivity contribution in [1.29, 1.82) is 0 Å². The van der Waals surface area contributed by atoms with Crippen molar-refractivity contribution in [3.8, 4) is 0 Å². The number of aromatic nitrogens is 3. The molecule has 16 heavy (non-hydrogen) atoms. The van der Waals surface area contributed by atoms with Crippen molar-refractivity contribution in [3.05, 3.63) is 0 Å². The number of nitrogens with two attached hydrogens (primary N) is 1. The van der Waals surface area contributed by atoms with E-state index in [0.29, 0.717) is 5.16 Å². The summed E-state index contributed by atoms with van der Waals surface area (Å²) in [5.74, 6) is 0.439. The van der Waals surface area contributed by atoms with Crippen molar-refractivity contribution in [3.63, 3.8) is 0 Å². The maximum absolute atomic E-state index is 12.0. The Labute approximate surface area is 98.0 Å². The zero-order valence-electron chi connectivity index (χ0n) is 9.14. The summed E-state index contributed by atoms with van der Waals surface area (Å²) in [7, 11) is 0. The largest absolute Gasteiger partial charge is 0.368 e. The topological polar surface area (TPSA) is 87.9 Å². The molecule has 1 fully saturated rings. The summed E-state index contributed by atoms with van der Waals surface area (Å²) in [5, 5.41) is 6.82. The SMILES string of the molecule is CC(Sc1n[nH]c(N)n1)C(=O)N1CCCC1. The molecule has 1 aromatic rings. The van der Waals surface area contributed by atoms with Crippen LogP contribution in [0, 0.1) is 0 Å². The number of carbonyl (C=O) groups excluding carboxylic acids is 1. The molecule has 1 aliphatic heterocycles. The molecule has 88 valence electrons. The number of H-pyrrole nitrogens is 1. The molecule has 2 rings (SSSR count). The molecular formula is C9H15N5OS. The second kappa shape index (κ2) is 4.73. The van der Waals surface area contributed by atoms with Crippen molar-refractivity contribution in [2.24, 2.45) is 0 Å². The normalized spacial score (nSPS) is 17.7. The van der Waals surface area contributed by atoms with Crippen LogP contribution in [0.5, 0.6) is 0 Å². The van der Waals surface area contributed by atoms with E-state index >= 15 is 0 Å². The van der Waals surface area contributed by atoms with Gasteiger partial charge < -0.3 is 10.6 Å². The van der Waals surface area contributed by atoms with E-state index < -0.39 is 0 Å². The number of thioether (sulfide) groups is 1. The Kier molecular flexibility index (Phi) is 3.33. The Balaban J connectivity index is 1.91. The fraction of sp³-hybridized carbons (Fsp3) is 0.667. The third kappa shape index (κ3) is 2.46. The Morgan fingerprint density at radius 1 is 1.56 bits per heavy atom. The highest BCUT2D eigenvalue weighted by Crippen LogP contribution is 2.22. The number of hydrogen-bond acceptors (Lipinski definition) is 5. The van der Waals surface area contributed by atoms with Gasteiger partial charge in [0.2, 0.25) is 17.0 Å². The van der Waals surface area contributed by atoms with Crippen molar-refractivity contribution in [1.82, 2.24) is 20.1 Å². The molecule has 3 N–H and O–H groups in total. The van der Waals surface area contributed by atoms with E-state index in [-0.39, 0.29) is 17.1 Å². The maximum Gasteiger partial charge on any atom is 0.235 e. The highest BCUT2D eigenvalue weighted by Gasteiger charge is 2.24. The van der Waals surface area contributed by atoms with Crippen LogP contribution in [0.3, 0.4) is 0 Å². The summed E-state index contributed by atoms with van der Waals surface area (Å²) in [5.41, 5.74) is 5.41. The zero-order chi connectivity index (χ0) is 11.5. The van der Waals surface area contributed by atoms with Crippen molar-refractivity contribution in [2.45, 2.75) is 30.2 Å². The minimum atomic E-state index is -0.159. The van der Waals surface area contributed by atoms with Gasteiger partial charge in [-0.05, 0) is 19.8 Å². The molecule has 0 radical (unpaired) electrons. The summed E-state index contributed by atoms with van der Waals surface area (Å²) < 4.78 is 0. The molecule has 1 atom stereocenters. The fourth-order valence-corrected chi connectivity index (χ4v) is 2.53. The van der Waals surface area contributed by atoms with E-state index in [4.69, 9.17) is 5.73 Å². The third-order valence-corrected chi connectivity index (χ3v) is 3.48. The molecule has 0 saturated carbocycles. The second-order valence-corrected chi connectivity index (χ2v) is 5.10. The molecule has 6 nitrogen and oxygen atoms in total. The average molecular weight is 241 g/mol. The lowest BCUT2D eigenvalue weighted by Crippen LogP contribution is -2.34. The molecule has 1 aliphatic rings. The predicted molar refractivity (Wildman–Crippen MR) is 61.9 cm³/mol. The number of nitrogens with zero attached hydrogens (tertiary/aromatic N) is 3. The standard InChI is InChI=1S/C9H15N5OS/c1-6(7(15)14-4-2-3-5-14)16-9-11-8(10)12-13-9/h6H,2-5H2,1H3,(H3,10,11,12,13). The summed E-state index contributed by atoms with van der Waals surface area (Å²) in [6.07, 6.45) is 2.22. The van der Waals surface area contributed by atoms with Crippen LogP contribution in [0.2, 0.25) is 0 Å². The minimum absolute atomic E-state index is 0.158. The molecule has 0 aromatic carbocycles. The Morgan fingerprint density at radius 2 is 2.25 bits per heavy atom. The molecule has 2 heterocycles. The average Bonchev–Trinajstić information content (AvgIpc) is 2.88. The van der Waals surface area contributed by atoms with E-state index in [1.807, 2.05) is 11.8 Å². The first-order valence-electron chi connectivity index (χ1n) is 5.30. The number of nitrogens with one attached hydrogen (secondary N) is 1. The van der Waals surface area contributed by atoms with Gasteiger partial charge in [-0.3, -0.25) is 4.79 Å². The van der Waals surface area contributed by atoms with E-state index in [9.17, 15) is 4.79 Å². The van der Waals surface area contributed by atoms with Gasteiger partial charge >= 0.3 is 0 Å². The Bertz CT molecular complexity index is 374. The first kappa shape index (κ1) is 11.3. The minimum Gasteiger partial charge on any atom is -0.368 e. The lowest BCUT2D eigenvalue weighted by Gasteiger charge is -2.18. The van der Waals surface area contributed by atoms with Crippen LogP contribution in [0.15, 0.2) is 5.16 Å². The highest BCUT2D eigenvalue weighted by atomic mass is 32.2. The van der Waals surface area contributed by atoms with Crippen LogP contribution in [0.4, 0.5) is 5.95 Å². The first-order chi connectivity index (χ1) is 7.66. The van der Waals surface area contributed by atoms with Crippen LogP contribution in [-0.2, 0) is 4.79 Å². The van der Waals surface area contributed by atoms with Gasteiger partial charge in [0.25, 0.3) is 0 Å².